The molecule has 6 nitrogen and oxygen atoms in total. The number of hydrogen-bond acceptors (Lipinski definition) is 5. The van der Waals surface area contributed by atoms with E-state index in [0.29, 0.717) is 12.4 Å². The lowest BCUT2D eigenvalue weighted by molar-refractivity contribution is 0.435. The van der Waals surface area contributed by atoms with E-state index >= 15 is 0 Å². The molecule has 7 heteroatoms. The van der Waals surface area contributed by atoms with Crippen molar-refractivity contribution in [2.24, 2.45) is 0 Å². The molecule has 0 fully saturated rings. The second-order valence-corrected chi connectivity index (χ2v) is 6.98. The van der Waals surface area contributed by atoms with E-state index in [1.807, 2.05) is 13.8 Å². The van der Waals surface area contributed by atoms with Crippen molar-refractivity contribution in [1.29, 1.82) is 0 Å². The highest BCUT2D eigenvalue weighted by atomic mass is 32.2. The van der Waals surface area contributed by atoms with Gasteiger partial charge >= 0.3 is 0 Å². The molecule has 1 aromatic rings. The fourth-order valence-electron chi connectivity index (χ4n) is 2.21. The van der Waals surface area contributed by atoms with Crippen LogP contribution >= 0.6 is 0 Å². The molecule has 0 spiro atoms. The summed E-state index contributed by atoms with van der Waals surface area (Å²) in [6.07, 6.45) is 4.88. The molecule has 0 radical (unpaired) electrons. The predicted octanol–water partition coefficient (Wildman–Crippen LogP) is 2.44. The molecule has 0 bridgehead atoms. The van der Waals surface area contributed by atoms with Gasteiger partial charge in [0.1, 0.15) is 5.82 Å². The van der Waals surface area contributed by atoms with Crippen LogP contribution in [0.3, 0.4) is 0 Å². The third-order valence-electron chi connectivity index (χ3n) is 3.38. The van der Waals surface area contributed by atoms with Gasteiger partial charge in [0.25, 0.3) is 0 Å². The quantitative estimate of drug-likeness (QED) is 0.720. The number of unbranched alkanes of at least 4 members (excludes halogenated alkanes) is 1. The van der Waals surface area contributed by atoms with Crippen molar-refractivity contribution < 1.29 is 8.42 Å². The van der Waals surface area contributed by atoms with Gasteiger partial charge in [0.05, 0.1) is 6.04 Å². The maximum absolute atomic E-state index is 11.9. The van der Waals surface area contributed by atoms with Gasteiger partial charge in [-0.1, -0.05) is 27.2 Å². The minimum Gasteiger partial charge on any atom is -0.383 e. The molecule has 3 N–H and O–H groups in total. The van der Waals surface area contributed by atoms with Crippen LogP contribution in [-0.4, -0.2) is 31.0 Å². The third-order valence-corrected chi connectivity index (χ3v) is 4.53. The van der Waals surface area contributed by atoms with E-state index in [2.05, 4.69) is 17.3 Å². The Labute approximate surface area is 121 Å². The Hall–Kier alpha value is -1.24. The summed E-state index contributed by atoms with van der Waals surface area (Å²) in [6, 6.07) is 0.122. The number of rotatable bonds is 8. The summed E-state index contributed by atoms with van der Waals surface area (Å²) in [7, 11) is -3.40. The van der Waals surface area contributed by atoms with Gasteiger partial charge in [0.2, 0.25) is 0 Å². The van der Waals surface area contributed by atoms with Crippen molar-refractivity contribution in [3.05, 3.63) is 0 Å². The van der Waals surface area contributed by atoms with Crippen LogP contribution in [0.4, 0.5) is 11.6 Å². The van der Waals surface area contributed by atoms with E-state index in [9.17, 15) is 8.42 Å². The lowest BCUT2D eigenvalue weighted by Crippen LogP contribution is -2.12. The van der Waals surface area contributed by atoms with Crippen LogP contribution in [0.2, 0.25) is 0 Å². The van der Waals surface area contributed by atoms with Gasteiger partial charge in [0, 0.05) is 12.8 Å². The van der Waals surface area contributed by atoms with E-state index in [0.717, 1.165) is 25.7 Å². The SMILES string of the molecule is CCCCNc1nn(C(CC)CC)c(N)c1S(C)(=O)=O. The number of nitrogens with one attached hydrogen (secondary N) is 1. The lowest BCUT2D eigenvalue weighted by atomic mass is 10.2. The number of hydrogen-bond donors (Lipinski definition) is 2. The van der Waals surface area contributed by atoms with Crippen molar-refractivity contribution in [3.63, 3.8) is 0 Å². The zero-order valence-corrected chi connectivity index (χ0v) is 13.6. The fraction of sp³-hybridized carbons (Fsp3) is 0.769. The first-order valence-electron chi connectivity index (χ1n) is 7.18. The number of sulfone groups is 1. The molecule has 1 aromatic heterocycles. The summed E-state index contributed by atoms with van der Waals surface area (Å²) >= 11 is 0. The van der Waals surface area contributed by atoms with E-state index in [1.54, 1.807) is 4.68 Å². The molecule has 0 aliphatic heterocycles. The van der Waals surface area contributed by atoms with Gasteiger partial charge in [-0.2, -0.15) is 5.10 Å². The summed E-state index contributed by atoms with van der Waals surface area (Å²) in [5.74, 6) is 0.616. The molecule has 1 heterocycles. The highest BCUT2D eigenvalue weighted by Gasteiger charge is 2.26. The number of nitrogens with two attached hydrogens (primary N) is 1. The van der Waals surface area contributed by atoms with Crippen LogP contribution in [0.15, 0.2) is 4.90 Å². The van der Waals surface area contributed by atoms with Crippen LogP contribution in [0, 0.1) is 0 Å². The average Bonchev–Trinajstić information content (AvgIpc) is 2.68. The highest BCUT2D eigenvalue weighted by Crippen LogP contribution is 2.31. The zero-order chi connectivity index (χ0) is 15.3. The molecule has 0 amide bonds. The molecule has 0 unspecified atom stereocenters. The molecule has 1 rings (SSSR count). The zero-order valence-electron chi connectivity index (χ0n) is 12.8. The van der Waals surface area contributed by atoms with E-state index in [4.69, 9.17) is 5.73 Å². The normalized spacial score (nSPS) is 12.1. The Balaban J connectivity index is 3.24. The summed E-state index contributed by atoms with van der Waals surface area (Å²) < 4.78 is 25.5. The van der Waals surface area contributed by atoms with Gasteiger partial charge in [-0.15, -0.1) is 0 Å². The van der Waals surface area contributed by atoms with Crippen LogP contribution < -0.4 is 11.1 Å². The van der Waals surface area contributed by atoms with Gasteiger partial charge < -0.3 is 11.1 Å². The summed E-state index contributed by atoms with van der Waals surface area (Å²) in [4.78, 5) is 0.125. The molecule has 0 aliphatic carbocycles. The summed E-state index contributed by atoms with van der Waals surface area (Å²) in [5.41, 5.74) is 6.03. The molecule has 0 aromatic carbocycles. The lowest BCUT2D eigenvalue weighted by Gasteiger charge is -2.14. The second kappa shape index (κ2) is 6.97. The molecule has 20 heavy (non-hydrogen) atoms. The molecule has 116 valence electrons. The number of anilines is 2. The standard InChI is InChI=1S/C13H26N4O2S/c1-5-8-9-15-13-11(20(4,18)19)12(14)17(16-13)10(6-2)7-3/h10H,5-9,14H2,1-4H3,(H,15,16). The number of nitrogens with zero attached hydrogens (tertiary/aromatic N) is 2. The van der Waals surface area contributed by atoms with Gasteiger partial charge in [-0.25, -0.2) is 13.1 Å². The maximum atomic E-state index is 11.9. The van der Waals surface area contributed by atoms with Gasteiger partial charge in [-0.3, -0.25) is 0 Å². The third kappa shape index (κ3) is 3.65. The van der Waals surface area contributed by atoms with Crippen LogP contribution in [0.25, 0.3) is 0 Å². The van der Waals surface area contributed by atoms with Crippen LogP contribution in [0.1, 0.15) is 52.5 Å². The number of aromatic nitrogens is 2. The first kappa shape index (κ1) is 16.8. The highest BCUT2D eigenvalue weighted by molar-refractivity contribution is 7.91. The average molecular weight is 302 g/mol. The monoisotopic (exact) mass is 302 g/mol. The largest absolute Gasteiger partial charge is 0.383 e. The van der Waals surface area contributed by atoms with Crippen LogP contribution in [0.5, 0.6) is 0 Å². The van der Waals surface area contributed by atoms with Crippen molar-refractivity contribution >= 4 is 21.5 Å². The van der Waals surface area contributed by atoms with Crippen molar-refractivity contribution in [2.45, 2.75) is 57.4 Å². The fourth-order valence-corrected chi connectivity index (χ4v) is 3.15. The molecular formula is C13H26N4O2S. The van der Waals surface area contributed by atoms with Gasteiger partial charge in [0.15, 0.2) is 20.6 Å². The Morgan fingerprint density at radius 1 is 1.30 bits per heavy atom. The molecule has 0 aliphatic rings. The Morgan fingerprint density at radius 3 is 2.35 bits per heavy atom. The molecule has 0 atom stereocenters. The smallest absolute Gasteiger partial charge is 0.182 e. The van der Waals surface area contributed by atoms with E-state index < -0.39 is 9.84 Å². The van der Waals surface area contributed by atoms with E-state index in [-0.39, 0.29) is 16.8 Å². The van der Waals surface area contributed by atoms with E-state index in [1.165, 1.54) is 6.26 Å². The maximum Gasteiger partial charge on any atom is 0.182 e. The Morgan fingerprint density at radius 2 is 1.90 bits per heavy atom. The first-order valence-corrected chi connectivity index (χ1v) is 9.07. The Bertz CT molecular complexity index is 533. The topological polar surface area (TPSA) is 90.0 Å². The van der Waals surface area contributed by atoms with Gasteiger partial charge in [-0.05, 0) is 19.3 Å². The predicted molar refractivity (Wildman–Crippen MR) is 82.8 cm³/mol. The Kier molecular flexibility index (Phi) is 5.86. The number of nitrogen functional groups attached to an aromatic ring is 1. The molecule has 0 saturated carbocycles. The summed E-state index contributed by atoms with van der Waals surface area (Å²) in [6.45, 7) is 6.86. The first-order chi connectivity index (χ1) is 9.36. The van der Waals surface area contributed by atoms with Crippen LogP contribution in [-0.2, 0) is 9.84 Å². The van der Waals surface area contributed by atoms with Crippen molar-refractivity contribution in [1.82, 2.24) is 9.78 Å². The summed E-state index contributed by atoms with van der Waals surface area (Å²) in [5, 5.41) is 7.49. The molecular weight excluding hydrogens is 276 g/mol. The molecule has 0 saturated heterocycles. The minimum absolute atomic E-state index is 0.122. The van der Waals surface area contributed by atoms with Crippen molar-refractivity contribution in [2.75, 3.05) is 23.9 Å². The van der Waals surface area contributed by atoms with Crippen molar-refractivity contribution in [3.8, 4) is 0 Å². The second-order valence-electron chi connectivity index (χ2n) is 5.03. The minimum atomic E-state index is -3.40.